The molecule has 0 radical (unpaired) electrons. The van der Waals surface area contributed by atoms with Gasteiger partial charge in [0.2, 0.25) is 0 Å². The van der Waals surface area contributed by atoms with Gasteiger partial charge in [-0.3, -0.25) is 0 Å². The van der Waals surface area contributed by atoms with E-state index in [-0.39, 0.29) is 6.10 Å². The third kappa shape index (κ3) is 3.87. The summed E-state index contributed by atoms with van der Waals surface area (Å²) in [5.74, 6) is 1.76. The second-order valence-corrected chi connectivity index (χ2v) is 5.49. The SMILES string of the molecule is COc1c(CCCCN)cccc1OC1CCN(C)C1. The van der Waals surface area contributed by atoms with E-state index in [4.69, 9.17) is 15.2 Å². The predicted octanol–water partition coefficient (Wildman–Crippen LogP) is 2.06. The second kappa shape index (κ2) is 7.50. The molecule has 112 valence electrons. The highest BCUT2D eigenvalue weighted by atomic mass is 16.5. The van der Waals surface area contributed by atoms with E-state index in [1.807, 2.05) is 12.1 Å². The summed E-state index contributed by atoms with van der Waals surface area (Å²) in [4.78, 5) is 2.29. The largest absolute Gasteiger partial charge is 0.493 e. The molecule has 0 saturated carbocycles. The van der Waals surface area contributed by atoms with E-state index in [0.717, 1.165) is 56.8 Å². The van der Waals surface area contributed by atoms with Gasteiger partial charge in [0.15, 0.2) is 11.5 Å². The molecule has 1 heterocycles. The van der Waals surface area contributed by atoms with Crippen LogP contribution in [-0.2, 0) is 6.42 Å². The maximum absolute atomic E-state index is 6.12. The van der Waals surface area contributed by atoms with Crippen LogP contribution >= 0.6 is 0 Å². The zero-order valence-corrected chi connectivity index (χ0v) is 12.6. The number of rotatable bonds is 7. The summed E-state index contributed by atoms with van der Waals surface area (Å²) in [5.41, 5.74) is 6.77. The minimum Gasteiger partial charge on any atom is -0.493 e. The molecule has 1 aromatic rings. The fourth-order valence-electron chi connectivity index (χ4n) is 2.71. The second-order valence-electron chi connectivity index (χ2n) is 5.49. The molecule has 1 saturated heterocycles. The Bertz CT molecular complexity index is 423. The smallest absolute Gasteiger partial charge is 0.163 e. The van der Waals surface area contributed by atoms with Crippen LogP contribution in [0.4, 0.5) is 0 Å². The van der Waals surface area contributed by atoms with Gasteiger partial charge in [0.25, 0.3) is 0 Å². The van der Waals surface area contributed by atoms with Crippen LogP contribution in [0.3, 0.4) is 0 Å². The number of hydrogen-bond donors (Lipinski definition) is 1. The Balaban J connectivity index is 2.05. The highest BCUT2D eigenvalue weighted by molar-refractivity contribution is 5.46. The average molecular weight is 278 g/mol. The minimum absolute atomic E-state index is 0.271. The van der Waals surface area contributed by atoms with E-state index in [1.54, 1.807) is 7.11 Å². The maximum Gasteiger partial charge on any atom is 0.163 e. The first-order valence-corrected chi connectivity index (χ1v) is 7.45. The first-order chi connectivity index (χ1) is 9.74. The zero-order valence-electron chi connectivity index (χ0n) is 12.6. The molecule has 1 aliphatic rings. The fourth-order valence-corrected chi connectivity index (χ4v) is 2.71. The normalized spacial score (nSPS) is 19.2. The van der Waals surface area contributed by atoms with Crippen molar-refractivity contribution in [3.05, 3.63) is 23.8 Å². The van der Waals surface area contributed by atoms with Crippen molar-refractivity contribution in [2.24, 2.45) is 5.73 Å². The van der Waals surface area contributed by atoms with Crippen LogP contribution < -0.4 is 15.2 Å². The van der Waals surface area contributed by atoms with Crippen LogP contribution in [0, 0.1) is 0 Å². The molecule has 0 bridgehead atoms. The summed E-state index contributed by atoms with van der Waals surface area (Å²) < 4.78 is 11.7. The van der Waals surface area contributed by atoms with Crippen molar-refractivity contribution in [3.63, 3.8) is 0 Å². The summed E-state index contributed by atoms with van der Waals surface area (Å²) in [5, 5.41) is 0. The van der Waals surface area contributed by atoms with Crippen molar-refractivity contribution < 1.29 is 9.47 Å². The van der Waals surface area contributed by atoms with Gasteiger partial charge in [0.05, 0.1) is 7.11 Å². The number of likely N-dealkylation sites (tertiary alicyclic amines) is 1. The van der Waals surface area contributed by atoms with Crippen LogP contribution in [0.1, 0.15) is 24.8 Å². The number of aryl methyl sites for hydroxylation is 1. The summed E-state index contributed by atoms with van der Waals surface area (Å²) in [7, 11) is 3.85. The third-order valence-corrected chi connectivity index (χ3v) is 3.81. The number of para-hydroxylation sites is 1. The molecule has 0 spiro atoms. The summed E-state index contributed by atoms with van der Waals surface area (Å²) >= 11 is 0. The van der Waals surface area contributed by atoms with Crippen molar-refractivity contribution in [1.82, 2.24) is 4.90 Å². The molecule has 0 aliphatic carbocycles. The van der Waals surface area contributed by atoms with E-state index in [0.29, 0.717) is 0 Å². The Kier molecular flexibility index (Phi) is 5.68. The molecular weight excluding hydrogens is 252 g/mol. The number of hydrogen-bond acceptors (Lipinski definition) is 4. The average Bonchev–Trinajstić information content (AvgIpc) is 2.85. The van der Waals surface area contributed by atoms with Gasteiger partial charge in [0, 0.05) is 13.1 Å². The molecule has 1 aromatic carbocycles. The Morgan fingerprint density at radius 2 is 2.20 bits per heavy atom. The van der Waals surface area contributed by atoms with Gasteiger partial charge in [-0.2, -0.15) is 0 Å². The Labute approximate surface area is 121 Å². The monoisotopic (exact) mass is 278 g/mol. The van der Waals surface area contributed by atoms with E-state index in [2.05, 4.69) is 18.0 Å². The zero-order chi connectivity index (χ0) is 14.4. The summed E-state index contributed by atoms with van der Waals surface area (Å²) in [6, 6.07) is 6.17. The molecule has 1 atom stereocenters. The molecular formula is C16H26N2O2. The van der Waals surface area contributed by atoms with Crippen LogP contribution in [0.15, 0.2) is 18.2 Å². The number of nitrogens with two attached hydrogens (primary N) is 1. The van der Waals surface area contributed by atoms with E-state index in [9.17, 15) is 0 Å². The van der Waals surface area contributed by atoms with Gasteiger partial charge in [-0.05, 0) is 50.9 Å². The molecule has 2 N–H and O–H groups in total. The van der Waals surface area contributed by atoms with Crippen LogP contribution in [0.5, 0.6) is 11.5 Å². The Hall–Kier alpha value is -1.26. The molecule has 4 nitrogen and oxygen atoms in total. The van der Waals surface area contributed by atoms with Gasteiger partial charge >= 0.3 is 0 Å². The van der Waals surface area contributed by atoms with Gasteiger partial charge < -0.3 is 20.1 Å². The van der Waals surface area contributed by atoms with Gasteiger partial charge in [-0.1, -0.05) is 12.1 Å². The van der Waals surface area contributed by atoms with Crippen molar-refractivity contribution in [3.8, 4) is 11.5 Å². The molecule has 0 aromatic heterocycles. The van der Waals surface area contributed by atoms with Crippen LogP contribution in [-0.4, -0.2) is 44.8 Å². The predicted molar refractivity (Wildman–Crippen MR) is 81.5 cm³/mol. The van der Waals surface area contributed by atoms with E-state index < -0.39 is 0 Å². The highest BCUT2D eigenvalue weighted by Crippen LogP contribution is 2.33. The van der Waals surface area contributed by atoms with Gasteiger partial charge in [0.1, 0.15) is 6.10 Å². The van der Waals surface area contributed by atoms with Crippen molar-refractivity contribution in [2.75, 3.05) is 33.8 Å². The van der Waals surface area contributed by atoms with E-state index >= 15 is 0 Å². The summed E-state index contributed by atoms with van der Waals surface area (Å²) in [6.45, 7) is 2.83. The Morgan fingerprint density at radius 1 is 1.35 bits per heavy atom. The fraction of sp³-hybridized carbons (Fsp3) is 0.625. The van der Waals surface area contributed by atoms with Crippen LogP contribution in [0.25, 0.3) is 0 Å². The molecule has 1 unspecified atom stereocenters. The molecule has 2 rings (SSSR count). The first kappa shape index (κ1) is 15.1. The van der Waals surface area contributed by atoms with Crippen molar-refractivity contribution in [2.45, 2.75) is 31.8 Å². The minimum atomic E-state index is 0.271. The maximum atomic E-state index is 6.12. The van der Waals surface area contributed by atoms with Crippen molar-refractivity contribution in [1.29, 1.82) is 0 Å². The number of benzene rings is 1. The standard InChI is InChI=1S/C16H26N2O2/c1-18-11-9-14(12-18)20-15-8-5-7-13(16(15)19-2)6-3-4-10-17/h5,7-8,14H,3-4,6,9-12,17H2,1-2H3. The highest BCUT2D eigenvalue weighted by Gasteiger charge is 2.22. The number of methoxy groups -OCH3 is 1. The number of unbranched alkanes of at least 4 members (excludes halogenated alkanes) is 1. The number of ether oxygens (including phenoxy) is 2. The topological polar surface area (TPSA) is 47.7 Å². The lowest BCUT2D eigenvalue weighted by atomic mass is 10.1. The van der Waals surface area contributed by atoms with E-state index in [1.165, 1.54) is 5.56 Å². The van der Waals surface area contributed by atoms with Gasteiger partial charge in [-0.15, -0.1) is 0 Å². The molecule has 4 heteroatoms. The summed E-state index contributed by atoms with van der Waals surface area (Å²) in [6.07, 6.45) is 4.47. The molecule has 1 aliphatic heterocycles. The molecule has 1 fully saturated rings. The first-order valence-electron chi connectivity index (χ1n) is 7.45. The Morgan fingerprint density at radius 3 is 2.85 bits per heavy atom. The number of nitrogens with zero attached hydrogens (tertiary/aromatic N) is 1. The lowest BCUT2D eigenvalue weighted by Crippen LogP contribution is -2.21. The third-order valence-electron chi connectivity index (χ3n) is 3.81. The molecule has 0 amide bonds. The number of likely N-dealkylation sites (N-methyl/N-ethyl adjacent to an activating group) is 1. The lowest BCUT2D eigenvalue weighted by Gasteiger charge is -2.18. The molecule has 20 heavy (non-hydrogen) atoms. The van der Waals surface area contributed by atoms with Crippen LogP contribution in [0.2, 0.25) is 0 Å². The van der Waals surface area contributed by atoms with Gasteiger partial charge in [-0.25, -0.2) is 0 Å². The van der Waals surface area contributed by atoms with Crippen molar-refractivity contribution >= 4 is 0 Å². The lowest BCUT2D eigenvalue weighted by molar-refractivity contribution is 0.199. The quantitative estimate of drug-likeness (QED) is 0.776.